The molecular formula is C24H27N3O3. The minimum Gasteiger partial charge on any atom is -0.506 e. The zero-order valence-electron chi connectivity index (χ0n) is 18.0. The molecule has 3 N–H and O–H groups in total. The number of carbonyl (C=O) groups is 1. The van der Waals surface area contributed by atoms with E-state index in [4.69, 9.17) is 4.74 Å². The molecular weight excluding hydrogens is 378 g/mol. The number of fused-ring (bicyclic) bond motifs is 3. The SMILES string of the molecule is Cc1ccc2c(c1)-c1c(cc(C)c(C(=O)N[C@H](C)Cc3cnc[nH]3)c1O)OC2(C)C. The van der Waals surface area contributed by atoms with Crippen LogP contribution in [0.5, 0.6) is 11.5 Å². The molecule has 0 fully saturated rings. The maximum atomic E-state index is 13.1. The van der Waals surface area contributed by atoms with Crippen molar-refractivity contribution in [3.05, 3.63) is 64.7 Å². The van der Waals surface area contributed by atoms with Gasteiger partial charge in [0.1, 0.15) is 17.1 Å². The number of hydrogen-bond donors (Lipinski definition) is 3. The third-order valence-electron chi connectivity index (χ3n) is 5.61. The molecule has 6 heteroatoms. The molecule has 1 aliphatic heterocycles. The van der Waals surface area contributed by atoms with E-state index in [0.717, 1.165) is 22.4 Å². The predicted octanol–water partition coefficient (Wildman–Crippen LogP) is 4.39. The number of hydrogen-bond acceptors (Lipinski definition) is 4. The number of rotatable bonds is 4. The van der Waals surface area contributed by atoms with Crippen molar-refractivity contribution in [3.63, 3.8) is 0 Å². The van der Waals surface area contributed by atoms with Crippen molar-refractivity contribution in [1.82, 2.24) is 15.3 Å². The molecule has 0 bridgehead atoms. The first-order valence-electron chi connectivity index (χ1n) is 10.1. The van der Waals surface area contributed by atoms with Crippen molar-refractivity contribution in [2.75, 3.05) is 0 Å². The number of aromatic amines is 1. The first-order valence-corrected chi connectivity index (χ1v) is 10.1. The van der Waals surface area contributed by atoms with Crippen LogP contribution < -0.4 is 10.1 Å². The van der Waals surface area contributed by atoms with Gasteiger partial charge in [-0.15, -0.1) is 0 Å². The van der Waals surface area contributed by atoms with Gasteiger partial charge in [0.15, 0.2) is 0 Å². The summed E-state index contributed by atoms with van der Waals surface area (Å²) in [5.41, 5.74) is 4.90. The molecule has 3 aromatic rings. The summed E-state index contributed by atoms with van der Waals surface area (Å²) < 4.78 is 6.23. The average Bonchev–Trinajstić information content (AvgIpc) is 3.13. The summed E-state index contributed by atoms with van der Waals surface area (Å²) in [6, 6.07) is 7.81. The second-order valence-electron chi connectivity index (χ2n) is 8.61. The molecule has 0 saturated heterocycles. The van der Waals surface area contributed by atoms with E-state index in [2.05, 4.69) is 15.3 Å². The number of amides is 1. The molecule has 0 radical (unpaired) electrons. The molecule has 6 nitrogen and oxygen atoms in total. The number of nitrogens with zero attached hydrogens (tertiary/aromatic N) is 1. The van der Waals surface area contributed by atoms with Gasteiger partial charge in [-0.25, -0.2) is 4.98 Å². The lowest BCUT2D eigenvalue weighted by Gasteiger charge is -2.36. The van der Waals surface area contributed by atoms with Gasteiger partial charge in [0.2, 0.25) is 0 Å². The van der Waals surface area contributed by atoms with Crippen LogP contribution in [0.3, 0.4) is 0 Å². The summed E-state index contributed by atoms with van der Waals surface area (Å²) in [6.45, 7) is 9.77. The monoisotopic (exact) mass is 405 g/mol. The number of aromatic nitrogens is 2. The highest BCUT2D eigenvalue weighted by Crippen LogP contribution is 2.51. The summed E-state index contributed by atoms with van der Waals surface area (Å²) in [5, 5.41) is 14.2. The molecule has 156 valence electrons. The van der Waals surface area contributed by atoms with Crippen LogP contribution in [0.2, 0.25) is 0 Å². The normalized spacial score (nSPS) is 15.0. The highest BCUT2D eigenvalue weighted by molar-refractivity contribution is 6.02. The van der Waals surface area contributed by atoms with Crippen molar-refractivity contribution in [3.8, 4) is 22.6 Å². The zero-order valence-corrected chi connectivity index (χ0v) is 18.0. The van der Waals surface area contributed by atoms with Crippen LogP contribution in [-0.4, -0.2) is 27.0 Å². The van der Waals surface area contributed by atoms with Gasteiger partial charge in [-0.1, -0.05) is 23.8 Å². The van der Waals surface area contributed by atoms with E-state index in [9.17, 15) is 9.90 Å². The summed E-state index contributed by atoms with van der Waals surface area (Å²) in [5.74, 6) is 0.243. The van der Waals surface area contributed by atoms with E-state index in [1.807, 2.05) is 58.9 Å². The molecule has 1 aliphatic rings. The van der Waals surface area contributed by atoms with Gasteiger partial charge in [0.05, 0.1) is 17.5 Å². The van der Waals surface area contributed by atoms with Gasteiger partial charge in [-0.2, -0.15) is 0 Å². The molecule has 30 heavy (non-hydrogen) atoms. The molecule has 4 rings (SSSR count). The maximum absolute atomic E-state index is 13.1. The smallest absolute Gasteiger partial charge is 0.255 e. The molecule has 2 heterocycles. The van der Waals surface area contributed by atoms with Gasteiger partial charge >= 0.3 is 0 Å². The Bertz CT molecular complexity index is 1120. The molecule has 0 spiro atoms. The summed E-state index contributed by atoms with van der Waals surface area (Å²) in [4.78, 5) is 20.1. The number of H-pyrrole nitrogens is 1. The third-order valence-corrected chi connectivity index (χ3v) is 5.61. The van der Waals surface area contributed by atoms with E-state index in [1.165, 1.54) is 0 Å². The lowest BCUT2D eigenvalue weighted by molar-refractivity contribution is 0.0935. The van der Waals surface area contributed by atoms with Gasteiger partial charge < -0.3 is 20.1 Å². The molecule has 0 aliphatic carbocycles. The lowest BCUT2D eigenvalue weighted by atomic mass is 9.83. The number of phenolic OH excluding ortho intramolecular Hbond substituents is 1. The van der Waals surface area contributed by atoms with Crippen LogP contribution in [0.15, 0.2) is 36.8 Å². The highest BCUT2D eigenvalue weighted by Gasteiger charge is 2.36. The van der Waals surface area contributed by atoms with E-state index in [1.54, 1.807) is 12.5 Å². The molecule has 1 aromatic heterocycles. The number of nitrogens with one attached hydrogen (secondary N) is 2. The molecule has 0 saturated carbocycles. The van der Waals surface area contributed by atoms with Crippen LogP contribution in [0.1, 0.15) is 53.5 Å². The fourth-order valence-electron chi connectivity index (χ4n) is 4.19. The molecule has 0 unspecified atom stereocenters. The van der Waals surface area contributed by atoms with Gasteiger partial charge in [0, 0.05) is 29.9 Å². The maximum Gasteiger partial charge on any atom is 0.255 e. The van der Waals surface area contributed by atoms with E-state index in [-0.39, 0.29) is 23.3 Å². The van der Waals surface area contributed by atoms with Gasteiger partial charge in [-0.3, -0.25) is 4.79 Å². The minimum absolute atomic E-state index is 0.0430. The Morgan fingerprint density at radius 3 is 2.77 bits per heavy atom. The Hall–Kier alpha value is -3.28. The van der Waals surface area contributed by atoms with Crippen LogP contribution in [0, 0.1) is 13.8 Å². The van der Waals surface area contributed by atoms with E-state index in [0.29, 0.717) is 23.3 Å². The third kappa shape index (κ3) is 3.43. The molecule has 2 aromatic carbocycles. The largest absolute Gasteiger partial charge is 0.506 e. The number of benzene rings is 2. The van der Waals surface area contributed by atoms with Gasteiger partial charge in [-0.05, 0) is 51.8 Å². The average molecular weight is 405 g/mol. The summed E-state index contributed by atoms with van der Waals surface area (Å²) in [6.07, 6.45) is 3.97. The second kappa shape index (κ2) is 7.20. The van der Waals surface area contributed by atoms with E-state index < -0.39 is 5.60 Å². The summed E-state index contributed by atoms with van der Waals surface area (Å²) >= 11 is 0. The van der Waals surface area contributed by atoms with E-state index >= 15 is 0 Å². The Balaban J connectivity index is 1.74. The fraction of sp³-hybridized carbons (Fsp3) is 0.333. The molecule has 1 amide bonds. The Morgan fingerprint density at radius 1 is 1.30 bits per heavy atom. The number of carbonyl (C=O) groups excluding carboxylic acids is 1. The standard InChI is InChI=1S/C24H27N3O3/c1-13-6-7-18-17(8-13)21-19(30-24(18,4)5)9-14(2)20(22(21)28)23(29)27-15(3)10-16-11-25-12-26-16/h6-9,11-12,15,28H,10H2,1-5H3,(H,25,26)(H,27,29)/t15-/m1/s1. The van der Waals surface area contributed by atoms with Crippen molar-refractivity contribution in [2.24, 2.45) is 0 Å². The Morgan fingerprint density at radius 2 is 2.07 bits per heavy atom. The van der Waals surface area contributed by atoms with Crippen LogP contribution in [0.4, 0.5) is 0 Å². The number of aromatic hydroxyl groups is 1. The zero-order chi connectivity index (χ0) is 21.6. The number of ether oxygens (including phenoxy) is 1. The Labute approximate surface area is 176 Å². The Kier molecular flexibility index (Phi) is 4.80. The van der Waals surface area contributed by atoms with Crippen LogP contribution >= 0.6 is 0 Å². The second-order valence-corrected chi connectivity index (χ2v) is 8.61. The quantitative estimate of drug-likeness (QED) is 0.601. The molecule has 1 atom stereocenters. The van der Waals surface area contributed by atoms with Crippen LogP contribution in [0.25, 0.3) is 11.1 Å². The predicted molar refractivity (Wildman–Crippen MR) is 116 cm³/mol. The van der Waals surface area contributed by atoms with Crippen LogP contribution in [-0.2, 0) is 12.0 Å². The fourth-order valence-corrected chi connectivity index (χ4v) is 4.19. The first kappa shape index (κ1) is 20.0. The summed E-state index contributed by atoms with van der Waals surface area (Å²) in [7, 11) is 0. The lowest BCUT2D eigenvalue weighted by Crippen LogP contribution is -2.35. The topological polar surface area (TPSA) is 87.2 Å². The van der Waals surface area contributed by atoms with Crippen molar-refractivity contribution < 1.29 is 14.6 Å². The van der Waals surface area contributed by atoms with Gasteiger partial charge in [0.25, 0.3) is 5.91 Å². The number of aryl methyl sites for hydroxylation is 2. The van der Waals surface area contributed by atoms with Crippen molar-refractivity contribution in [1.29, 1.82) is 0 Å². The number of phenols is 1. The minimum atomic E-state index is -0.530. The van der Waals surface area contributed by atoms with Crippen molar-refractivity contribution >= 4 is 5.91 Å². The highest BCUT2D eigenvalue weighted by atomic mass is 16.5. The van der Waals surface area contributed by atoms with Crippen molar-refractivity contribution in [2.45, 2.75) is 52.7 Å². The first-order chi connectivity index (χ1) is 14.2. The number of imidazole rings is 1.